The predicted octanol–water partition coefficient (Wildman–Crippen LogP) is 3.08. The van der Waals surface area contributed by atoms with E-state index in [4.69, 9.17) is 0 Å². The molecule has 3 nitrogen and oxygen atoms in total. The third kappa shape index (κ3) is 2.30. The van der Waals surface area contributed by atoms with E-state index in [0.29, 0.717) is 5.69 Å². The van der Waals surface area contributed by atoms with Crippen molar-refractivity contribution in [2.75, 3.05) is 11.9 Å². The molecule has 0 amide bonds. The van der Waals surface area contributed by atoms with Gasteiger partial charge in [0, 0.05) is 17.8 Å². The first-order valence-corrected chi connectivity index (χ1v) is 5.97. The molecule has 0 spiro atoms. The van der Waals surface area contributed by atoms with Crippen molar-refractivity contribution in [1.82, 2.24) is 9.55 Å². The Morgan fingerprint density at radius 3 is 2.95 bits per heavy atom. The number of imidazole rings is 1. The fourth-order valence-electron chi connectivity index (χ4n) is 2.42. The zero-order chi connectivity index (χ0) is 13.5. The molecule has 1 aromatic heterocycles. The molecule has 0 aliphatic carbocycles. The van der Waals surface area contributed by atoms with Gasteiger partial charge in [-0.2, -0.15) is 13.2 Å². The highest BCUT2D eigenvalue weighted by atomic mass is 19.4. The van der Waals surface area contributed by atoms with Crippen LogP contribution < -0.4 is 5.32 Å². The second-order valence-electron chi connectivity index (χ2n) is 4.54. The molecule has 1 aliphatic heterocycles. The highest BCUT2D eigenvalue weighted by Gasteiger charge is 2.29. The molecule has 0 bridgehead atoms. The average molecular weight is 267 g/mol. The minimum atomic E-state index is -4.25. The number of rotatable bonds is 2. The van der Waals surface area contributed by atoms with Crippen LogP contribution in [-0.2, 0) is 13.0 Å². The van der Waals surface area contributed by atoms with Crippen molar-refractivity contribution < 1.29 is 13.2 Å². The van der Waals surface area contributed by atoms with Crippen molar-refractivity contribution in [3.05, 3.63) is 36.3 Å². The van der Waals surface area contributed by atoms with Gasteiger partial charge in [-0.15, -0.1) is 0 Å². The Labute approximate surface area is 108 Å². The monoisotopic (exact) mass is 267 g/mol. The van der Waals surface area contributed by atoms with Crippen LogP contribution in [0.25, 0.3) is 11.3 Å². The van der Waals surface area contributed by atoms with E-state index in [1.165, 1.54) is 12.5 Å². The lowest BCUT2D eigenvalue weighted by Gasteiger charge is -2.13. The number of nitrogens with one attached hydrogen (secondary N) is 1. The molecule has 1 aromatic carbocycles. The number of para-hydroxylation sites is 1. The van der Waals surface area contributed by atoms with E-state index >= 15 is 0 Å². The maximum Gasteiger partial charge on any atom is 0.406 e. The summed E-state index contributed by atoms with van der Waals surface area (Å²) in [6.07, 6.45) is -0.657. The van der Waals surface area contributed by atoms with Crippen LogP contribution in [0.15, 0.2) is 30.7 Å². The molecule has 0 saturated carbocycles. The first-order valence-electron chi connectivity index (χ1n) is 5.97. The molecule has 0 atom stereocenters. The lowest BCUT2D eigenvalue weighted by molar-refractivity contribution is -0.140. The topological polar surface area (TPSA) is 29.9 Å². The van der Waals surface area contributed by atoms with Gasteiger partial charge in [0.05, 0.1) is 18.2 Å². The molecule has 1 aliphatic rings. The Morgan fingerprint density at radius 2 is 2.16 bits per heavy atom. The van der Waals surface area contributed by atoms with E-state index in [0.717, 1.165) is 34.3 Å². The third-order valence-electron chi connectivity index (χ3n) is 3.18. The van der Waals surface area contributed by atoms with Crippen LogP contribution in [0, 0.1) is 0 Å². The maximum absolute atomic E-state index is 12.5. The molecule has 0 saturated heterocycles. The molecular weight excluding hydrogens is 255 g/mol. The van der Waals surface area contributed by atoms with E-state index < -0.39 is 12.7 Å². The second-order valence-corrected chi connectivity index (χ2v) is 4.54. The molecule has 0 radical (unpaired) electrons. The minimum absolute atomic E-state index is 0.489. The van der Waals surface area contributed by atoms with Gasteiger partial charge in [-0.05, 0) is 12.0 Å². The van der Waals surface area contributed by atoms with Gasteiger partial charge in [0.15, 0.2) is 0 Å². The zero-order valence-electron chi connectivity index (χ0n) is 10.0. The molecule has 2 heterocycles. The Kier molecular flexibility index (Phi) is 2.73. The molecular formula is C13H12F3N3. The Bertz CT molecular complexity index is 601. The summed E-state index contributed by atoms with van der Waals surface area (Å²) < 4.78 is 38.7. The Morgan fingerprint density at radius 1 is 1.32 bits per heavy atom. The van der Waals surface area contributed by atoms with Crippen LogP contribution in [-0.4, -0.2) is 22.3 Å². The quantitative estimate of drug-likeness (QED) is 0.906. The molecule has 1 N–H and O–H groups in total. The van der Waals surface area contributed by atoms with Crippen LogP contribution in [0.3, 0.4) is 0 Å². The summed E-state index contributed by atoms with van der Waals surface area (Å²) in [5, 5.41) is 3.22. The van der Waals surface area contributed by atoms with Crippen molar-refractivity contribution in [3.63, 3.8) is 0 Å². The predicted molar refractivity (Wildman–Crippen MR) is 65.9 cm³/mol. The summed E-state index contributed by atoms with van der Waals surface area (Å²) in [4.78, 5) is 3.84. The fourth-order valence-corrected chi connectivity index (χ4v) is 2.42. The van der Waals surface area contributed by atoms with Gasteiger partial charge in [-0.1, -0.05) is 18.2 Å². The second kappa shape index (κ2) is 4.29. The largest absolute Gasteiger partial charge is 0.406 e. The number of anilines is 1. The third-order valence-corrected chi connectivity index (χ3v) is 3.18. The molecule has 19 heavy (non-hydrogen) atoms. The fraction of sp³-hybridized carbons (Fsp3) is 0.308. The van der Waals surface area contributed by atoms with Crippen molar-refractivity contribution in [2.24, 2.45) is 0 Å². The van der Waals surface area contributed by atoms with Gasteiger partial charge >= 0.3 is 6.18 Å². The summed E-state index contributed by atoms with van der Waals surface area (Å²) in [7, 11) is 0. The first-order chi connectivity index (χ1) is 9.04. The number of fused-ring (bicyclic) bond motifs is 1. The zero-order valence-corrected chi connectivity index (χ0v) is 10.0. The molecule has 3 rings (SSSR count). The maximum atomic E-state index is 12.5. The van der Waals surface area contributed by atoms with Gasteiger partial charge in [0.2, 0.25) is 0 Å². The minimum Gasteiger partial charge on any atom is -0.384 e. The lowest BCUT2D eigenvalue weighted by Crippen LogP contribution is -2.17. The standard InChI is InChI=1S/C13H12F3N3/c14-13(15,16)7-19-8-17-6-11(19)10-3-1-2-9-4-5-18-12(9)10/h1-3,6,8,18H,4-5,7H2. The van der Waals surface area contributed by atoms with Gasteiger partial charge < -0.3 is 9.88 Å². The molecule has 100 valence electrons. The van der Waals surface area contributed by atoms with Gasteiger partial charge in [0.1, 0.15) is 6.54 Å². The van der Waals surface area contributed by atoms with Crippen LogP contribution in [0.5, 0.6) is 0 Å². The molecule has 2 aromatic rings. The average Bonchev–Trinajstić information content (AvgIpc) is 2.94. The van der Waals surface area contributed by atoms with Crippen LogP contribution in [0.1, 0.15) is 5.56 Å². The van der Waals surface area contributed by atoms with Crippen LogP contribution in [0.4, 0.5) is 18.9 Å². The van der Waals surface area contributed by atoms with Crippen LogP contribution >= 0.6 is 0 Å². The summed E-state index contributed by atoms with van der Waals surface area (Å²) in [5.74, 6) is 0. The first kappa shape index (κ1) is 12.1. The summed E-state index contributed by atoms with van der Waals surface area (Å²) in [6, 6.07) is 5.68. The van der Waals surface area contributed by atoms with Gasteiger partial charge in [-0.3, -0.25) is 0 Å². The van der Waals surface area contributed by atoms with Gasteiger partial charge in [0.25, 0.3) is 0 Å². The smallest absolute Gasteiger partial charge is 0.384 e. The van der Waals surface area contributed by atoms with Crippen molar-refractivity contribution in [1.29, 1.82) is 0 Å². The number of hydrogen-bond donors (Lipinski definition) is 1. The van der Waals surface area contributed by atoms with Gasteiger partial charge in [-0.25, -0.2) is 4.98 Å². The highest BCUT2D eigenvalue weighted by molar-refractivity contribution is 5.79. The number of nitrogens with zero attached hydrogens (tertiary/aromatic N) is 2. The van der Waals surface area contributed by atoms with Crippen molar-refractivity contribution in [2.45, 2.75) is 19.1 Å². The van der Waals surface area contributed by atoms with E-state index in [9.17, 15) is 13.2 Å². The molecule has 0 fully saturated rings. The number of hydrogen-bond acceptors (Lipinski definition) is 2. The summed E-state index contributed by atoms with van der Waals surface area (Å²) in [6.45, 7) is -0.203. The number of benzene rings is 1. The SMILES string of the molecule is FC(F)(F)Cn1cncc1-c1cccc2c1NCC2. The van der Waals surface area contributed by atoms with Crippen LogP contribution in [0.2, 0.25) is 0 Å². The molecule has 6 heteroatoms. The normalized spacial score (nSPS) is 14.3. The van der Waals surface area contributed by atoms with E-state index in [-0.39, 0.29) is 0 Å². The number of alkyl halides is 3. The molecule has 0 unspecified atom stereocenters. The van der Waals surface area contributed by atoms with E-state index in [1.54, 1.807) is 0 Å². The van der Waals surface area contributed by atoms with E-state index in [2.05, 4.69) is 10.3 Å². The van der Waals surface area contributed by atoms with E-state index in [1.807, 2.05) is 18.2 Å². The summed E-state index contributed by atoms with van der Waals surface area (Å²) in [5.41, 5.74) is 3.32. The summed E-state index contributed by atoms with van der Waals surface area (Å²) >= 11 is 0. The lowest BCUT2D eigenvalue weighted by atomic mass is 10.1. The number of halogens is 3. The Hall–Kier alpha value is -1.98. The Balaban J connectivity index is 2.04. The van der Waals surface area contributed by atoms with Crippen molar-refractivity contribution >= 4 is 5.69 Å². The van der Waals surface area contributed by atoms with Crippen molar-refractivity contribution in [3.8, 4) is 11.3 Å². The highest BCUT2D eigenvalue weighted by Crippen LogP contribution is 2.34. The number of aromatic nitrogens is 2.